The normalized spacial score (nSPS) is 24.2. The quantitative estimate of drug-likeness (QED) is 0.819. The number of ether oxygens (including phenoxy) is 1. The molecule has 2 atom stereocenters. The molecule has 1 aromatic carbocycles. The number of amides is 2. The molecule has 0 aromatic heterocycles. The number of rotatable bonds is 2. The minimum Gasteiger partial charge on any atom is -0.389 e. The molecule has 0 aliphatic carbocycles. The Morgan fingerprint density at radius 3 is 2.73 bits per heavy atom. The zero-order valence-electron chi connectivity index (χ0n) is 14.1. The number of hydrogen-bond acceptors (Lipinski definition) is 5. The van der Waals surface area contributed by atoms with E-state index in [4.69, 9.17) is 10.00 Å². The molecule has 0 spiro atoms. The van der Waals surface area contributed by atoms with Gasteiger partial charge in [0.25, 0.3) is 0 Å². The van der Waals surface area contributed by atoms with Gasteiger partial charge in [-0.3, -0.25) is 4.90 Å². The van der Waals surface area contributed by atoms with Crippen molar-refractivity contribution in [1.82, 2.24) is 9.80 Å². The lowest BCUT2D eigenvalue weighted by atomic mass is 10.2. The monoisotopic (exact) mass is 366 g/mol. The van der Waals surface area contributed by atoms with Gasteiger partial charge >= 0.3 is 6.03 Å². The molecule has 0 unspecified atom stereocenters. The SMILES string of the molecule is N#Cc1cc(F)c(NC(=O)N2CCCN([C@H]3COC[C@@H]3O)CC2)cc1F. The number of anilines is 1. The molecule has 2 N–H and O–H groups in total. The summed E-state index contributed by atoms with van der Waals surface area (Å²) in [6, 6.07) is 2.51. The van der Waals surface area contributed by atoms with E-state index < -0.39 is 29.3 Å². The van der Waals surface area contributed by atoms with Gasteiger partial charge in [-0.05, 0) is 12.5 Å². The second kappa shape index (κ2) is 7.95. The molecule has 1 aromatic rings. The highest BCUT2D eigenvalue weighted by Gasteiger charge is 2.33. The van der Waals surface area contributed by atoms with Crippen molar-refractivity contribution in [3.05, 3.63) is 29.3 Å². The lowest BCUT2D eigenvalue weighted by Gasteiger charge is -2.28. The van der Waals surface area contributed by atoms with Crippen molar-refractivity contribution < 1.29 is 23.4 Å². The third-order valence-corrected chi connectivity index (χ3v) is 4.73. The maximum absolute atomic E-state index is 13.9. The molecule has 3 rings (SSSR count). The molecule has 0 saturated carbocycles. The minimum absolute atomic E-state index is 0.0805. The topological polar surface area (TPSA) is 88.8 Å². The first-order valence-corrected chi connectivity index (χ1v) is 8.44. The molecular weight excluding hydrogens is 346 g/mol. The van der Waals surface area contributed by atoms with Crippen molar-refractivity contribution in [1.29, 1.82) is 5.26 Å². The Bertz CT molecular complexity index is 725. The zero-order valence-corrected chi connectivity index (χ0v) is 14.1. The van der Waals surface area contributed by atoms with Crippen molar-refractivity contribution in [2.75, 3.05) is 44.7 Å². The van der Waals surface area contributed by atoms with E-state index in [1.54, 1.807) is 6.07 Å². The lowest BCUT2D eigenvalue weighted by molar-refractivity contribution is 0.0845. The van der Waals surface area contributed by atoms with Crippen LogP contribution in [0.25, 0.3) is 0 Å². The molecule has 7 nitrogen and oxygen atoms in total. The number of nitriles is 1. The maximum Gasteiger partial charge on any atom is 0.321 e. The molecule has 2 fully saturated rings. The van der Waals surface area contributed by atoms with Crippen molar-refractivity contribution in [2.24, 2.45) is 0 Å². The minimum atomic E-state index is -0.888. The van der Waals surface area contributed by atoms with Gasteiger partial charge in [0.1, 0.15) is 17.7 Å². The van der Waals surface area contributed by atoms with Crippen LogP contribution in [0.3, 0.4) is 0 Å². The number of aliphatic hydroxyl groups excluding tert-OH is 1. The number of nitrogens with zero attached hydrogens (tertiary/aromatic N) is 3. The third-order valence-electron chi connectivity index (χ3n) is 4.73. The Labute approximate surface area is 149 Å². The van der Waals surface area contributed by atoms with Crippen LogP contribution in [0.4, 0.5) is 19.3 Å². The van der Waals surface area contributed by atoms with Crippen LogP contribution in [-0.2, 0) is 4.74 Å². The summed E-state index contributed by atoms with van der Waals surface area (Å²) in [5.41, 5.74) is -0.713. The van der Waals surface area contributed by atoms with Gasteiger partial charge in [0.05, 0.1) is 36.6 Å². The lowest BCUT2D eigenvalue weighted by Crippen LogP contribution is -2.45. The van der Waals surface area contributed by atoms with Crippen molar-refractivity contribution >= 4 is 11.7 Å². The van der Waals surface area contributed by atoms with Gasteiger partial charge in [-0.2, -0.15) is 5.26 Å². The van der Waals surface area contributed by atoms with Gasteiger partial charge in [0.15, 0.2) is 0 Å². The maximum atomic E-state index is 13.9. The second-order valence-electron chi connectivity index (χ2n) is 6.40. The first-order valence-electron chi connectivity index (χ1n) is 8.44. The molecule has 9 heteroatoms. The van der Waals surface area contributed by atoms with Crippen LogP contribution in [0.1, 0.15) is 12.0 Å². The highest BCUT2D eigenvalue weighted by atomic mass is 19.1. The van der Waals surface area contributed by atoms with Crippen LogP contribution in [0.15, 0.2) is 12.1 Å². The van der Waals surface area contributed by atoms with E-state index in [2.05, 4.69) is 10.2 Å². The first kappa shape index (κ1) is 18.5. The fourth-order valence-electron chi connectivity index (χ4n) is 3.28. The molecule has 0 radical (unpaired) electrons. The molecule has 2 saturated heterocycles. The van der Waals surface area contributed by atoms with E-state index in [9.17, 15) is 18.7 Å². The molecule has 2 heterocycles. The second-order valence-corrected chi connectivity index (χ2v) is 6.40. The van der Waals surface area contributed by atoms with E-state index in [0.29, 0.717) is 45.8 Å². The Morgan fingerprint density at radius 1 is 1.23 bits per heavy atom. The number of hydrogen-bond donors (Lipinski definition) is 2. The number of carbonyl (C=O) groups excluding carboxylic acids is 1. The van der Waals surface area contributed by atoms with E-state index in [1.165, 1.54) is 4.90 Å². The standard InChI is InChI=1S/C17H20F2N4O3/c18-12-7-14(13(19)6-11(12)8-20)21-17(25)23-3-1-2-22(4-5-23)15-9-26-10-16(15)24/h6-7,15-16,24H,1-5,9-10H2,(H,21,25)/t15-,16-/m0/s1. The number of aliphatic hydroxyl groups is 1. The summed E-state index contributed by atoms with van der Waals surface area (Å²) >= 11 is 0. The molecule has 0 bridgehead atoms. The van der Waals surface area contributed by atoms with Crippen LogP contribution in [0.2, 0.25) is 0 Å². The summed E-state index contributed by atoms with van der Waals surface area (Å²) in [5.74, 6) is -1.75. The summed E-state index contributed by atoms with van der Waals surface area (Å²) in [6.45, 7) is 2.91. The number of carbonyl (C=O) groups is 1. The van der Waals surface area contributed by atoms with Crippen LogP contribution in [0, 0.1) is 23.0 Å². The Morgan fingerprint density at radius 2 is 2.04 bits per heavy atom. The highest BCUT2D eigenvalue weighted by Crippen LogP contribution is 2.20. The average molecular weight is 366 g/mol. The van der Waals surface area contributed by atoms with Gasteiger partial charge < -0.3 is 20.1 Å². The zero-order chi connectivity index (χ0) is 18.7. The third kappa shape index (κ3) is 3.93. The highest BCUT2D eigenvalue weighted by molar-refractivity contribution is 5.89. The fourth-order valence-corrected chi connectivity index (χ4v) is 3.28. The van der Waals surface area contributed by atoms with Gasteiger partial charge in [-0.15, -0.1) is 0 Å². The summed E-state index contributed by atoms with van der Waals surface area (Å²) in [6.07, 6.45) is 0.159. The van der Waals surface area contributed by atoms with Gasteiger partial charge in [-0.25, -0.2) is 13.6 Å². The molecule has 140 valence electrons. The summed E-state index contributed by atoms with van der Waals surface area (Å²) in [5, 5.41) is 21.0. The van der Waals surface area contributed by atoms with Gasteiger partial charge in [-0.1, -0.05) is 0 Å². The predicted molar refractivity (Wildman–Crippen MR) is 88.5 cm³/mol. The average Bonchev–Trinajstić information content (AvgIpc) is 2.90. The van der Waals surface area contributed by atoms with Crippen molar-refractivity contribution in [2.45, 2.75) is 18.6 Å². The van der Waals surface area contributed by atoms with E-state index >= 15 is 0 Å². The van der Waals surface area contributed by atoms with Crippen molar-refractivity contribution in [3.63, 3.8) is 0 Å². The summed E-state index contributed by atoms with van der Waals surface area (Å²) < 4.78 is 32.9. The number of urea groups is 1. The fraction of sp³-hybridized carbons (Fsp3) is 0.529. The van der Waals surface area contributed by atoms with Crippen LogP contribution < -0.4 is 5.32 Å². The molecule has 26 heavy (non-hydrogen) atoms. The molecule has 2 aliphatic rings. The van der Waals surface area contributed by atoms with E-state index in [1.807, 2.05) is 0 Å². The summed E-state index contributed by atoms with van der Waals surface area (Å²) in [7, 11) is 0. The first-order chi connectivity index (χ1) is 12.5. The Balaban J connectivity index is 1.62. The Kier molecular flexibility index (Phi) is 5.66. The summed E-state index contributed by atoms with van der Waals surface area (Å²) in [4.78, 5) is 16.0. The van der Waals surface area contributed by atoms with Crippen molar-refractivity contribution in [3.8, 4) is 6.07 Å². The van der Waals surface area contributed by atoms with E-state index in [-0.39, 0.29) is 11.7 Å². The number of nitrogens with one attached hydrogen (secondary N) is 1. The smallest absolute Gasteiger partial charge is 0.321 e. The van der Waals surface area contributed by atoms with Crippen LogP contribution in [0.5, 0.6) is 0 Å². The predicted octanol–water partition coefficient (Wildman–Crippen LogP) is 1.14. The number of halogens is 2. The van der Waals surface area contributed by atoms with Gasteiger partial charge in [0, 0.05) is 32.2 Å². The largest absolute Gasteiger partial charge is 0.389 e. The van der Waals surface area contributed by atoms with Gasteiger partial charge in [0.2, 0.25) is 0 Å². The van der Waals surface area contributed by atoms with Crippen LogP contribution >= 0.6 is 0 Å². The molecule has 2 aliphatic heterocycles. The van der Waals surface area contributed by atoms with Crippen LogP contribution in [-0.4, -0.2) is 72.5 Å². The Hall–Kier alpha value is -2.28. The van der Waals surface area contributed by atoms with E-state index in [0.717, 1.165) is 12.1 Å². The number of benzene rings is 1. The molecule has 2 amide bonds. The molecular formula is C17H20F2N4O3.